The third-order valence-corrected chi connectivity index (χ3v) is 2.86. The molecule has 1 rings (SSSR count). The Labute approximate surface area is 82.9 Å². The van der Waals surface area contributed by atoms with E-state index < -0.39 is 0 Å². The first-order valence-corrected chi connectivity index (χ1v) is 5.33. The van der Waals surface area contributed by atoms with E-state index in [1.165, 1.54) is 25.9 Å². The average Bonchev–Trinajstić information content (AvgIpc) is 2.08. The molecule has 13 heavy (non-hydrogen) atoms. The molecule has 2 heteroatoms. The van der Waals surface area contributed by atoms with E-state index in [-0.39, 0.29) is 0 Å². The molecule has 76 valence electrons. The van der Waals surface area contributed by atoms with Gasteiger partial charge in [-0.05, 0) is 39.7 Å². The highest BCUT2D eigenvalue weighted by Crippen LogP contribution is 2.17. The van der Waals surface area contributed by atoms with Gasteiger partial charge in [0.1, 0.15) is 6.67 Å². The van der Waals surface area contributed by atoms with Crippen LogP contribution in [0.3, 0.4) is 0 Å². The molecule has 0 aromatic carbocycles. The first-order valence-electron chi connectivity index (χ1n) is 5.33. The second kappa shape index (κ2) is 4.97. The van der Waals surface area contributed by atoms with Crippen molar-refractivity contribution in [3.8, 4) is 0 Å². The van der Waals surface area contributed by atoms with Crippen LogP contribution < -0.4 is 0 Å². The molecule has 0 amide bonds. The molecule has 0 aromatic rings. The van der Waals surface area contributed by atoms with Gasteiger partial charge in [0, 0.05) is 19.1 Å². The Morgan fingerprint density at radius 2 is 1.85 bits per heavy atom. The summed E-state index contributed by atoms with van der Waals surface area (Å²) in [6, 6.07) is 0.555. The highest BCUT2D eigenvalue weighted by atomic mass is 15.3. The second-order valence-corrected chi connectivity index (χ2v) is 4.47. The predicted molar refractivity (Wildman–Crippen MR) is 56.1 cm³/mol. The molecule has 2 nitrogen and oxygen atoms in total. The average molecular weight is 182 g/mol. The summed E-state index contributed by atoms with van der Waals surface area (Å²) in [7, 11) is 2.10. The van der Waals surface area contributed by atoms with Crippen molar-refractivity contribution in [3.63, 3.8) is 0 Å². The molecule has 1 fully saturated rings. The van der Waals surface area contributed by atoms with Gasteiger partial charge in [-0.3, -0.25) is 9.80 Å². The number of nitrogens with zero attached hydrogens (tertiary/aromatic N) is 2. The summed E-state index contributed by atoms with van der Waals surface area (Å²) in [5.41, 5.74) is 0. The summed E-state index contributed by atoms with van der Waals surface area (Å²) < 4.78 is 0. The minimum absolute atomic E-state index is 0.555. The standard InChI is InChI=1S/C11H22N2/c1-10(2)12(4)9-13-7-5-11(3)6-8-13/h10-11H,5-8H2,1-4H3. The Bertz CT molecular complexity index is 137. The fourth-order valence-corrected chi connectivity index (χ4v) is 1.45. The highest BCUT2D eigenvalue weighted by Gasteiger charge is 2.18. The van der Waals surface area contributed by atoms with Crippen LogP contribution in [0.5, 0.6) is 0 Å². The topological polar surface area (TPSA) is 6.48 Å². The monoisotopic (exact) mass is 182 g/mol. The van der Waals surface area contributed by atoms with Gasteiger partial charge in [-0.25, -0.2) is 0 Å². The number of rotatable bonds is 3. The van der Waals surface area contributed by atoms with Gasteiger partial charge in [0.05, 0.1) is 0 Å². The van der Waals surface area contributed by atoms with E-state index in [1.54, 1.807) is 0 Å². The Morgan fingerprint density at radius 3 is 2.31 bits per heavy atom. The van der Waals surface area contributed by atoms with Crippen molar-refractivity contribution in [1.82, 2.24) is 9.80 Å². The van der Waals surface area contributed by atoms with Crippen LogP contribution in [-0.4, -0.2) is 36.0 Å². The molecule has 0 unspecified atom stereocenters. The summed E-state index contributed by atoms with van der Waals surface area (Å²) in [4.78, 5) is 4.48. The van der Waals surface area contributed by atoms with Crippen molar-refractivity contribution >= 4 is 0 Å². The maximum atomic E-state index is 3.41. The van der Waals surface area contributed by atoms with Gasteiger partial charge in [0.2, 0.25) is 0 Å². The molecule has 0 bridgehead atoms. The zero-order valence-corrected chi connectivity index (χ0v) is 9.38. The quantitative estimate of drug-likeness (QED) is 0.616. The maximum absolute atomic E-state index is 3.41. The van der Waals surface area contributed by atoms with Crippen molar-refractivity contribution < 1.29 is 0 Å². The molecule has 1 aliphatic heterocycles. The van der Waals surface area contributed by atoms with E-state index in [9.17, 15) is 0 Å². The highest BCUT2D eigenvalue weighted by molar-refractivity contribution is 4.76. The second-order valence-electron chi connectivity index (χ2n) is 4.47. The van der Waals surface area contributed by atoms with Crippen LogP contribution in [0.15, 0.2) is 0 Å². The van der Waals surface area contributed by atoms with E-state index in [1.807, 2.05) is 0 Å². The summed E-state index contributed by atoms with van der Waals surface area (Å²) in [6.45, 7) is 12.5. The van der Waals surface area contributed by atoms with Gasteiger partial charge in [-0.15, -0.1) is 0 Å². The lowest BCUT2D eigenvalue weighted by Gasteiger charge is -2.33. The molecular weight excluding hydrogens is 160 g/mol. The van der Waals surface area contributed by atoms with Gasteiger partial charge >= 0.3 is 0 Å². The van der Waals surface area contributed by atoms with Crippen molar-refractivity contribution in [3.05, 3.63) is 6.67 Å². The Hall–Kier alpha value is -0.0800. The van der Waals surface area contributed by atoms with Crippen LogP contribution in [0.4, 0.5) is 0 Å². The third kappa shape index (κ3) is 3.65. The van der Waals surface area contributed by atoms with Gasteiger partial charge in [0.15, 0.2) is 0 Å². The van der Waals surface area contributed by atoms with Crippen molar-refractivity contribution in [2.24, 2.45) is 5.92 Å². The molecule has 0 atom stereocenters. The van der Waals surface area contributed by atoms with Gasteiger partial charge in [-0.1, -0.05) is 6.92 Å². The molecular formula is C11H22N2. The largest absolute Gasteiger partial charge is 0.280 e. The Morgan fingerprint density at radius 1 is 1.31 bits per heavy atom. The zero-order chi connectivity index (χ0) is 9.84. The van der Waals surface area contributed by atoms with E-state index >= 15 is 0 Å². The van der Waals surface area contributed by atoms with Crippen LogP contribution >= 0.6 is 0 Å². The van der Waals surface area contributed by atoms with Crippen molar-refractivity contribution in [1.29, 1.82) is 0 Å². The number of hydrogen-bond acceptors (Lipinski definition) is 2. The molecule has 2 radical (unpaired) electrons. The molecule has 1 saturated heterocycles. The number of likely N-dealkylation sites (tertiary alicyclic amines) is 1. The van der Waals surface area contributed by atoms with Gasteiger partial charge in [0.25, 0.3) is 0 Å². The Kier molecular flexibility index (Phi) is 4.20. The van der Waals surface area contributed by atoms with Gasteiger partial charge < -0.3 is 0 Å². The lowest BCUT2D eigenvalue weighted by atomic mass is 10.00. The lowest BCUT2D eigenvalue weighted by molar-refractivity contribution is 0.153. The number of hydrogen-bond donors (Lipinski definition) is 0. The van der Waals surface area contributed by atoms with Gasteiger partial charge in [-0.2, -0.15) is 0 Å². The number of piperidine rings is 1. The van der Waals surface area contributed by atoms with Crippen LogP contribution in [-0.2, 0) is 0 Å². The minimum Gasteiger partial charge on any atom is -0.280 e. The van der Waals surface area contributed by atoms with E-state index in [0.717, 1.165) is 5.92 Å². The predicted octanol–water partition coefficient (Wildman–Crippen LogP) is 2.05. The maximum Gasteiger partial charge on any atom is 0.146 e. The molecule has 1 aliphatic rings. The fourth-order valence-electron chi connectivity index (χ4n) is 1.45. The lowest BCUT2D eigenvalue weighted by Crippen LogP contribution is -2.38. The third-order valence-electron chi connectivity index (χ3n) is 2.86. The Balaban J connectivity index is 2.22. The van der Waals surface area contributed by atoms with E-state index in [4.69, 9.17) is 0 Å². The molecule has 0 N–H and O–H groups in total. The molecule has 0 spiro atoms. The smallest absolute Gasteiger partial charge is 0.146 e. The summed E-state index contributed by atoms with van der Waals surface area (Å²) in [5.74, 6) is 0.905. The van der Waals surface area contributed by atoms with Crippen molar-refractivity contribution in [2.45, 2.75) is 39.7 Å². The molecule has 0 aromatic heterocycles. The fraction of sp³-hybridized carbons (Fsp3) is 0.909. The molecule has 1 heterocycles. The van der Waals surface area contributed by atoms with E-state index in [2.05, 4.69) is 44.3 Å². The molecule has 0 aliphatic carbocycles. The summed E-state index contributed by atoms with van der Waals surface area (Å²) >= 11 is 0. The van der Waals surface area contributed by atoms with Crippen LogP contribution in [0.1, 0.15) is 33.6 Å². The normalized spacial score (nSPS) is 21.7. The van der Waals surface area contributed by atoms with Crippen LogP contribution in [0.25, 0.3) is 0 Å². The minimum atomic E-state index is 0.555. The first-order chi connectivity index (χ1) is 6.09. The molecule has 0 saturated carbocycles. The SMILES string of the molecule is CC1CCN([C]N(C)C(C)C)CC1. The zero-order valence-electron chi connectivity index (χ0n) is 9.38. The van der Waals surface area contributed by atoms with E-state index in [0.29, 0.717) is 6.04 Å². The summed E-state index contributed by atoms with van der Waals surface area (Å²) in [5, 5.41) is 0. The van der Waals surface area contributed by atoms with Crippen LogP contribution in [0.2, 0.25) is 0 Å². The first kappa shape index (κ1) is 11.0. The summed E-state index contributed by atoms with van der Waals surface area (Å²) in [6.07, 6.45) is 2.64. The van der Waals surface area contributed by atoms with Crippen molar-refractivity contribution in [2.75, 3.05) is 20.1 Å². The van der Waals surface area contributed by atoms with Crippen LogP contribution in [0, 0.1) is 12.6 Å².